The number of aromatic amines is 1. The van der Waals surface area contributed by atoms with E-state index in [1.807, 2.05) is 66.9 Å². The number of ketones is 1. The summed E-state index contributed by atoms with van der Waals surface area (Å²) in [7, 11) is 1.60. The molecule has 6 heteroatoms. The van der Waals surface area contributed by atoms with Gasteiger partial charge in [-0.2, -0.15) is 0 Å². The topological polar surface area (TPSA) is 82.6 Å². The molecule has 2 heterocycles. The summed E-state index contributed by atoms with van der Waals surface area (Å²) in [4.78, 5) is 31.2. The summed E-state index contributed by atoms with van der Waals surface area (Å²) in [6.45, 7) is 0.807. The van der Waals surface area contributed by atoms with Crippen molar-refractivity contribution in [2.24, 2.45) is 0 Å². The number of likely N-dealkylation sites (tertiary alicyclic amines) is 1. The van der Waals surface area contributed by atoms with E-state index in [1.165, 1.54) is 0 Å². The van der Waals surface area contributed by atoms with E-state index in [4.69, 9.17) is 4.74 Å². The fourth-order valence-corrected chi connectivity index (χ4v) is 4.71. The lowest BCUT2D eigenvalue weighted by molar-refractivity contribution is -0.140. The van der Waals surface area contributed by atoms with Gasteiger partial charge in [-0.1, -0.05) is 60.7 Å². The lowest BCUT2D eigenvalue weighted by Gasteiger charge is -2.25. The number of para-hydroxylation sites is 1. The van der Waals surface area contributed by atoms with Crippen LogP contribution in [0, 0.1) is 0 Å². The van der Waals surface area contributed by atoms with Crippen molar-refractivity contribution in [3.8, 4) is 0 Å². The monoisotopic (exact) mass is 440 g/mol. The molecule has 1 fully saturated rings. The number of ether oxygens (including phenoxy) is 1. The molecule has 33 heavy (non-hydrogen) atoms. The van der Waals surface area contributed by atoms with Crippen molar-refractivity contribution < 1.29 is 19.4 Å². The molecular weight excluding hydrogens is 416 g/mol. The van der Waals surface area contributed by atoms with Gasteiger partial charge >= 0.3 is 0 Å². The number of Topliss-reactive ketones (excluding diaryl/α,β-unsaturated/α-hetero) is 1. The van der Waals surface area contributed by atoms with Gasteiger partial charge in [-0.25, -0.2) is 0 Å². The number of hydrogen-bond acceptors (Lipinski definition) is 4. The molecule has 166 valence electrons. The average Bonchev–Trinajstić information content (AvgIpc) is 3.37. The van der Waals surface area contributed by atoms with E-state index >= 15 is 0 Å². The summed E-state index contributed by atoms with van der Waals surface area (Å²) in [5.41, 5.74) is 2.33. The Morgan fingerprint density at radius 1 is 1.00 bits per heavy atom. The molecule has 6 nitrogen and oxygen atoms in total. The Morgan fingerprint density at radius 3 is 2.55 bits per heavy atom. The SMILES string of the molecule is COCCCN1C(=O)C(=O)/C(=C(/O)c2cccc3ccccc23)C1c1c[nH]c2ccccc12. The zero-order valence-electron chi connectivity index (χ0n) is 18.2. The number of H-pyrrole nitrogens is 1. The summed E-state index contributed by atoms with van der Waals surface area (Å²) < 4.78 is 5.16. The summed E-state index contributed by atoms with van der Waals surface area (Å²) in [6.07, 6.45) is 2.40. The van der Waals surface area contributed by atoms with Crippen LogP contribution in [0.5, 0.6) is 0 Å². The van der Waals surface area contributed by atoms with Crippen LogP contribution in [-0.4, -0.2) is 46.9 Å². The largest absolute Gasteiger partial charge is 0.507 e. The van der Waals surface area contributed by atoms with Crippen molar-refractivity contribution in [1.82, 2.24) is 9.88 Å². The highest BCUT2D eigenvalue weighted by Gasteiger charge is 2.46. The maximum atomic E-state index is 13.3. The minimum absolute atomic E-state index is 0.110. The second-order valence-corrected chi connectivity index (χ2v) is 8.16. The number of nitrogens with one attached hydrogen (secondary N) is 1. The van der Waals surface area contributed by atoms with Crippen LogP contribution in [-0.2, 0) is 14.3 Å². The molecule has 0 spiro atoms. The molecule has 0 radical (unpaired) electrons. The van der Waals surface area contributed by atoms with Gasteiger partial charge in [-0.05, 0) is 23.3 Å². The molecule has 1 aliphatic rings. The van der Waals surface area contributed by atoms with Crippen molar-refractivity contribution in [2.45, 2.75) is 12.5 Å². The molecule has 1 aromatic heterocycles. The van der Waals surface area contributed by atoms with Gasteiger partial charge in [0.05, 0.1) is 11.6 Å². The number of hydrogen-bond donors (Lipinski definition) is 2. The minimum atomic E-state index is -0.697. The Labute approximate surface area is 191 Å². The molecule has 5 rings (SSSR count). The second kappa shape index (κ2) is 8.56. The lowest BCUT2D eigenvalue weighted by Crippen LogP contribution is -2.31. The van der Waals surface area contributed by atoms with Crippen LogP contribution in [0.2, 0.25) is 0 Å². The first-order chi connectivity index (χ1) is 16.1. The number of carbonyl (C=O) groups excluding carboxylic acids is 2. The number of methoxy groups -OCH3 is 1. The highest BCUT2D eigenvalue weighted by atomic mass is 16.5. The summed E-state index contributed by atoms with van der Waals surface area (Å²) >= 11 is 0. The predicted molar refractivity (Wildman–Crippen MR) is 128 cm³/mol. The van der Waals surface area contributed by atoms with E-state index in [0.717, 1.165) is 27.2 Å². The normalized spacial score (nSPS) is 18.0. The highest BCUT2D eigenvalue weighted by molar-refractivity contribution is 6.46. The Balaban J connectivity index is 1.73. The van der Waals surface area contributed by atoms with Gasteiger partial charge in [0.25, 0.3) is 11.7 Å². The number of amides is 1. The van der Waals surface area contributed by atoms with E-state index in [2.05, 4.69) is 4.98 Å². The molecule has 3 aromatic carbocycles. The smallest absolute Gasteiger partial charge is 0.295 e. The van der Waals surface area contributed by atoms with E-state index in [9.17, 15) is 14.7 Å². The first-order valence-corrected chi connectivity index (χ1v) is 10.9. The van der Waals surface area contributed by atoms with Gasteiger partial charge in [-0.3, -0.25) is 9.59 Å². The number of aromatic nitrogens is 1. The van der Waals surface area contributed by atoms with Crippen molar-refractivity contribution in [3.05, 3.63) is 89.6 Å². The van der Waals surface area contributed by atoms with Crippen molar-refractivity contribution in [1.29, 1.82) is 0 Å². The fourth-order valence-electron chi connectivity index (χ4n) is 4.71. The minimum Gasteiger partial charge on any atom is -0.507 e. The van der Waals surface area contributed by atoms with Crippen LogP contribution < -0.4 is 0 Å². The molecule has 1 atom stereocenters. The number of benzene rings is 3. The number of rotatable bonds is 6. The molecule has 2 N–H and O–H groups in total. The molecular formula is C27H24N2O4. The van der Waals surface area contributed by atoms with Crippen LogP contribution in [0.15, 0.2) is 78.5 Å². The van der Waals surface area contributed by atoms with Gasteiger partial charge in [-0.15, -0.1) is 0 Å². The maximum Gasteiger partial charge on any atom is 0.295 e. The number of nitrogens with zero attached hydrogens (tertiary/aromatic N) is 1. The Bertz CT molecular complexity index is 1400. The zero-order valence-corrected chi connectivity index (χ0v) is 18.2. The molecule has 0 aliphatic carbocycles. The van der Waals surface area contributed by atoms with Crippen molar-refractivity contribution in [2.75, 3.05) is 20.3 Å². The first-order valence-electron chi connectivity index (χ1n) is 10.9. The van der Waals surface area contributed by atoms with E-state index in [0.29, 0.717) is 25.1 Å². The summed E-state index contributed by atoms with van der Waals surface area (Å²) in [5, 5.41) is 14.2. The standard InChI is InChI=1S/C27H24N2O4/c1-33-15-7-14-29-24(21-16-28-22-13-5-4-11-19(21)22)23(26(31)27(29)32)25(30)20-12-6-9-17-8-2-3-10-18(17)20/h2-6,8-13,16,24,28,30H,7,14-15H2,1H3/b25-23+. The third-order valence-electron chi connectivity index (χ3n) is 6.25. The Kier molecular flexibility index (Phi) is 5.44. The Hall–Kier alpha value is -3.90. The van der Waals surface area contributed by atoms with E-state index < -0.39 is 17.7 Å². The highest BCUT2D eigenvalue weighted by Crippen LogP contribution is 2.42. The third-order valence-corrected chi connectivity index (χ3v) is 6.25. The van der Waals surface area contributed by atoms with Crippen molar-refractivity contribution in [3.63, 3.8) is 0 Å². The lowest BCUT2D eigenvalue weighted by atomic mass is 9.93. The third kappa shape index (κ3) is 3.49. The molecule has 4 aromatic rings. The molecule has 1 unspecified atom stereocenters. The second-order valence-electron chi connectivity index (χ2n) is 8.16. The van der Waals surface area contributed by atoms with Crippen molar-refractivity contribution >= 4 is 39.1 Å². The van der Waals surface area contributed by atoms with Gasteiger partial charge in [0.2, 0.25) is 0 Å². The van der Waals surface area contributed by atoms with Crippen LogP contribution in [0.25, 0.3) is 27.4 Å². The number of carbonyl (C=O) groups is 2. The van der Waals surface area contributed by atoms with Gasteiger partial charge in [0.1, 0.15) is 5.76 Å². The summed E-state index contributed by atoms with van der Waals surface area (Å²) in [5.74, 6) is -1.44. The zero-order chi connectivity index (χ0) is 22.9. The fraction of sp³-hybridized carbons (Fsp3) is 0.185. The average molecular weight is 440 g/mol. The molecule has 1 amide bonds. The predicted octanol–water partition coefficient (Wildman–Crippen LogP) is 4.78. The first kappa shape index (κ1) is 21.0. The van der Waals surface area contributed by atoms with Gasteiger partial charge < -0.3 is 19.7 Å². The maximum absolute atomic E-state index is 13.3. The number of aliphatic hydroxyl groups is 1. The molecule has 1 aliphatic heterocycles. The van der Waals surface area contributed by atoms with Gasteiger partial charge in [0.15, 0.2) is 0 Å². The van der Waals surface area contributed by atoms with Crippen LogP contribution in [0.1, 0.15) is 23.6 Å². The quantitative estimate of drug-likeness (QED) is 0.196. The van der Waals surface area contributed by atoms with E-state index in [1.54, 1.807) is 18.1 Å². The van der Waals surface area contributed by atoms with E-state index in [-0.39, 0.29) is 11.3 Å². The summed E-state index contributed by atoms with van der Waals surface area (Å²) in [6, 6.07) is 20.3. The van der Waals surface area contributed by atoms with Crippen LogP contribution in [0.4, 0.5) is 0 Å². The number of aliphatic hydroxyl groups excluding tert-OH is 1. The van der Waals surface area contributed by atoms with Crippen LogP contribution >= 0.6 is 0 Å². The Morgan fingerprint density at radius 2 is 1.73 bits per heavy atom. The number of fused-ring (bicyclic) bond motifs is 2. The molecule has 0 bridgehead atoms. The van der Waals surface area contributed by atoms with Gasteiger partial charge in [0, 0.05) is 48.5 Å². The molecule has 0 saturated carbocycles. The molecule has 1 saturated heterocycles. The van der Waals surface area contributed by atoms with Crippen LogP contribution in [0.3, 0.4) is 0 Å².